The van der Waals surface area contributed by atoms with Crippen molar-refractivity contribution in [1.82, 2.24) is 9.97 Å². The molecule has 1 atom stereocenters. The van der Waals surface area contributed by atoms with E-state index in [2.05, 4.69) is 9.97 Å². The van der Waals surface area contributed by atoms with Crippen LogP contribution >= 0.6 is 0 Å². The number of rotatable bonds is 4. The SMILES string of the molecule is COc1ccc2ncc(C#N)c(CC(O)CO)c2n1. The Labute approximate surface area is 109 Å². The number of pyridine rings is 2. The minimum absolute atomic E-state index is 0.137. The van der Waals surface area contributed by atoms with Crippen LogP contribution in [0.4, 0.5) is 0 Å². The van der Waals surface area contributed by atoms with Crippen LogP contribution in [-0.4, -0.2) is 40.0 Å². The predicted molar refractivity (Wildman–Crippen MR) is 67.6 cm³/mol. The first-order valence-electron chi connectivity index (χ1n) is 5.71. The fourth-order valence-corrected chi connectivity index (χ4v) is 1.82. The molecule has 0 aliphatic rings. The van der Waals surface area contributed by atoms with Gasteiger partial charge in [0.2, 0.25) is 5.88 Å². The van der Waals surface area contributed by atoms with Crippen LogP contribution in [0.1, 0.15) is 11.1 Å². The molecule has 0 radical (unpaired) electrons. The molecule has 6 heteroatoms. The number of aliphatic hydroxyl groups excluding tert-OH is 2. The normalized spacial score (nSPS) is 12.1. The summed E-state index contributed by atoms with van der Waals surface area (Å²) in [5.74, 6) is 0.407. The van der Waals surface area contributed by atoms with Gasteiger partial charge in [0, 0.05) is 24.2 Å². The van der Waals surface area contributed by atoms with Crippen LogP contribution in [0.15, 0.2) is 18.3 Å². The zero-order valence-electron chi connectivity index (χ0n) is 10.4. The molecular formula is C13H13N3O3. The summed E-state index contributed by atoms with van der Waals surface area (Å²) >= 11 is 0. The van der Waals surface area contributed by atoms with E-state index < -0.39 is 6.10 Å². The van der Waals surface area contributed by atoms with Crippen molar-refractivity contribution in [2.45, 2.75) is 12.5 Å². The molecule has 2 aromatic heterocycles. The zero-order chi connectivity index (χ0) is 13.8. The molecular weight excluding hydrogens is 246 g/mol. The molecule has 2 rings (SSSR count). The summed E-state index contributed by atoms with van der Waals surface area (Å²) in [5, 5.41) is 27.6. The average Bonchev–Trinajstić information content (AvgIpc) is 2.46. The predicted octanol–water partition coefficient (Wildman–Crippen LogP) is 0.406. The van der Waals surface area contributed by atoms with Gasteiger partial charge in [-0.05, 0) is 6.07 Å². The van der Waals surface area contributed by atoms with Gasteiger partial charge in [0.1, 0.15) is 6.07 Å². The first kappa shape index (κ1) is 13.2. The second-order valence-electron chi connectivity index (χ2n) is 4.02. The molecule has 1 unspecified atom stereocenters. The van der Waals surface area contributed by atoms with Gasteiger partial charge in [-0.2, -0.15) is 5.26 Å². The Hall–Kier alpha value is -2.23. The Balaban J connectivity index is 2.64. The zero-order valence-corrected chi connectivity index (χ0v) is 10.4. The van der Waals surface area contributed by atoms with Crippen LogP contribution in [0.5, 0.6) is 5.88 Å². The van der Waals surface area contributed by atoms with E-state index in [0.717, 1.165) is 0 Å². The smallest absolute Gasteiger partial charge is 0.213 e. The Morgan fingerprint density at radius 3 is 2.89 bits per heavy atom. The monoisotopic (exact) mass is 259 g/mol. The summed E-state index contributed by atoms with van der Waals surface area (Å²) in [4.78, 5) is 8.40. The molecule has 0 spiro atoms. The summed E-state index contributed by atoms with van der Waals surface area (Å²) in [6.45, 7) is -0.376. The molecule has 2 heterocycles. The quantitative estimate of drug-likeness (QED) is 0.824. The van der Waals surface area contributed by atoms with E-state index in [1.54, 1.807) is 12.1 Å². The molecule has 2 aromatic rings. The van der Waals surface area contributed by atoms with Crippen LogP contribution in [0.25, 0.3) is 11.0 Å². The van der Waals surface area contributed by atoms with Gasteiger partial charge in [-0.3, -0.25) is 4.98 Å². The molecule has 0 fully saturated rings. The standard InChI is InChI=1S/C13H13N3O3/c1-19-12-3-2-11-13(16-12)10(4-9(18)7-17)8(5-14)6-15-11/h2-3,6,9,17-18H,4,7H2,1H3. The molecule has 0 saturated carbocycles. The highest BCUT2D eigenvalue weighted by molar-refractivity contribution is 5.80. The van der Waals surface area contributed by atoms with E-state index in [-0.39, 0.29) is 13.0 Å². The van der Waals surface area contributed by atoms with Crippen LogP contribution in [0.3, 0.4) is 0 Å². The van der Waals surface area contributed by atoms with Gasteiger partial charge in [-0.15, -0.1) is 0 Å². The number of hydrogen-bond acceptors (Lipinski definition) is 6. The number of nitrogens with zero attached hydrogens (tertiary/aromatic N) is 3. The maximum Gasteiger partial charge on any atom is 0.213 e. The number of methoxy groups -OCH3 is 1. The number of hydrogen-bond donors (Lipinski definition) is 2. The van der Waals surface area contributed by atoms with E-state index in [4.69, 9.17) is 15.1 Å². The van der Waals surface area contributed by atoms with Gasteiger partial charge >= 0.3 is 0 Å². The maximum atomic E-state index is 9.58. The van der Waals surface area contributed by atoms with Crippen LogP contribution in [-0.2, 0) is 6.42 Å². The Kier molecular flexibility index (Phi) is 3.90. The average molecular weight is 259 g/mol. The van der Waals surface area contributed by atoms with Crippen molar-refractivity contribution in [1.29, 1.82) is 5.26 Å². The van der Waals surface area contributed by atoms with E-state index >= 15 is 0 Å². The van der Waals surface area contributed by atoms with E-state index in [9.17, 15) is 5.11 Å². The van der Waals surface area contributed by atoms with E-state index in [1.807, 2.05) is 6.07 Å². The molecule has 0 aromatic carbocycles. The second-order valence-corrected chi connectivity index (χ2v) is 4.02. The van der Waals surface area contributed by atoms with Crippen molar-refractivity contribution >= 4 is 11.0 Å². The molecule has 19 heavy (non-hydrogen) atoms. The lowest BCUT2D eigenvalue weighted by Crippen LogP contribution is -2.16. The number of aromatic nitrogens is 2. The topological polar surface area (TPSA) is 99.3 Å². The third-order valence-corrected chi connectivity index (χ3v) is 2.77. The number of ether oxygens (including phenoxy) is 1. The maximum absolute atomic E-state index is 9.58. The fourth-order valence-electron chi connectivity index (χ4n) is 1.82. The second kappa shape index (κ2) is 5.61. The van der Waals surface area contributed by atoms with Gasteiger partial charge in [-0.1, -0.05) is 0 Å². The van der Waals surface area contributed by atoms with Crippen LogP contribution in [0.2, 0.25) is 0 Å². The molecule has 0 bridgehead atoms. The van der Waals surface area contributed by atoms with Gasteiger partial charge in [0.05, 0.1) is 36.4 Å². The minimum atomic E-state index is -0.939. The third kappa shape index (κ3) is 2.62. The minimum Gasteiger partial charge on any atom is -0.481 e. The van der Waals surface area contributed by atoms with Gasteiger partial charge in [0.15, 0.2) is 0 Å². The molecule has 0 aliphatic carbocycles. The summed E-state index contributed by atoms with van der Waals surface area (Å²) in [7, 11) is 1.50. The van der Waals surface area contributed by atoms with Crippen molar-refractivity contribution in [2.24, 2.45) is 0 Å². The van der Waals surface area contributed by atoms with E-state index in [1.165, 1.54) is 13.3 Å². The number of aliphatic hydroxyl groups is 2. The first-order chi connectivity index (χ1) is 9.19. The number of nitriles is 1. The fraction of sp³-hybridized carbons (Fsp3) is 0.308. The van der Waals surface area contributed by atoms with E-state index in [0.29, 0.717) is 28.0 Å². The Morgan fingerprint density at radius 1 is 1.47 bits per heavy atom. The first-order valence-corrected chi connectivity index (χ1v) is 5.71. The molecule has 98 valence electrons. The summed E-state index contributed by atoms with van der Waals surface area (Å²) in [5.41, 5.74) is 2.01. The third-order valence-electron chi connectivity index (χ3n) is 2.77. The lowest BCUT2D eigenvalue weighted by atomic mass is 10.0. The summed E-state index contributed by atoms with van der Waals surface area (Å²) in [6.07, 6.45) is 0.639. The molecule has 0 aliphatic heterocycles. The van der Waals surface area contributed by atoms with Crippen molar-refractivity contribution in [2.75, 3.05) is 13.7 Å². The molecule has 6 nitrogen and oxygen atoms in total. The van der Waals surface area contributed by atoms with Crippen molar-refractivity contribution < 1.29 is 14.9 Å². The van der Waals surface area contributed by atoms with Crippen molar-refractivity contribution in [3.63, 3.8) is 0 Å². The lowest BCUT2D eigenvalue weighted by Gasteiger charge is -2.11. The Morgan fingerprint density at radius 2 is 2.26 bits per heavy atom. The Bertz CT molecular complexity index is 637. The highest BCUT2D eigenvalue weighted by Crippen LogP contribution is 2.22. The summed E-state index contributed by atoms with van der Waals surface area (Å²) < 4.78 is 5.05. The van der Waals surface area contributed by atoms with Gasteiger partial charge in [0.25, 0.3) is 0 Å². The number of fused-ring (bicyclic) bond motifs is 1. The van der Waals surface area contributed by atoms with Crippen LogP contribution < -0.4 is 4.74 Å². The van der Waals surface area contributed by atoms with Crippen molar-refractivity contribution in [3.05, 3.63) is 29.5 Å². The van der Waals surface area contributed by atoms with Gasteiger partial charge in [-0.25, -0.2) is 4.98 Å². The highest BCUT2D eigenvalue weighted by Gasteiger charge is 2.14. The largest absolute Gasteiger partial charge is 0.481 e. The van der Waals surface area contributed by atoms with Crippen molar-refractivity contribution in [3.8, 4) is 11.9 Å². The molecule has 0 amide bonds. The molecule has 0 saturated heterocycles. The lowest BCUT2D eigenvalue weighted by molar-refractivity contribution is 0.0956. The molecule has 2 N–H and O–H groups in total. The van der Waals surface area contributed by atoms with Crippen LogP contribution in [0, 0.1) is 11.3 Å². The van der Waals surface area contributed by atoms with Gasteiger partial charge < -0.3 is 14.9 Å². The highest BCUT2D eigenvalue weighted by atomic mass is 16.5. The summed E-state index contributed by atoms with van der Waals surface area (Å²) in [6, 6.07) is 5.43.